The number of ether oxygens (including phenoxy) is 1. The molecule has 0 unspecified atom stereocenters. The fourth-order valence-electron chi connectivity index (χ4n) is 1.61. The van der Waals surface area contributed by atoms with E-state index in [1.807, 2.05) is 20.8 Å². The first-order valence-electron chi connectivity index (χ1n) is 5.62. The predicted molar refractivity (Wildman–Crippen MR) is 57.3 cm³/mol. The van der Waals surface area contributed by atoms with E-state index in [1.165, 1.54) is 19.3 Å². The average molecular weight is 215 g/mol. The van der Waals surface area contributed by atoms with Crippen LogP contribution in [0.2, 0.25) is 0 Å². The lowest BCUT2D eigenvalue weighted by Crippen LogP contribution is -2.35. The Bertz CT molecular complexity index is 204. The van der Waals surface area contributed by atoms with Crippen molar-refractivity contribution in [3.8, 4) is 0 Å². The van der Waals surface area contributed by atoms with E-state index in [1.54, 1.807) is 0 Å². The SMILES string of the molecule is CC(C)(C)OC(=O)NOC1CCCCC1. The van der Waals surface area contributed by atoms with Crippen LogP contribution in [0, 0.1) is 0 Å². The van der Waals surface area contributed by atoms with Gasteiger partial charge in [-0.3, -0.25) is 4.84 Å². The number of hydrogen-bond donors (Lipinski definition) is 1. The first-order valence-corrected chi connectivity index (χ1v) is 5.62. The molecule has 88 valence electrons. The van der Waals surface area contributed by atoms with Crippen LogP contribution in [0.25, 0.3) is 0 Å². The van der Waals surface area contributed by atoms with Crippen LogP contribution < -0.4 is 5.48 Å². The highest BCUT2D eigenvalue weighted by molar-refractivity contribution is 5.66. The molecule has 1 rings (SSSR count). The Morgan fingerprint density at radius 3 is 2.33 bits per heavy atom. The van der Waals surface area contributed by atoms with Crippen molar-refractivity contribution in [1.82, 2.24) is 5.48 Å². The van der Waals surface area contributed by atoms with Crippen molar-refractivity contribution < 1.29 is 14.4 Å². The highest BCUT2D eigenvalue weighted by atomic mass is 16.7. The Morgan fingerprint density at radius 2 is 1.80 bits per heavy atom. The quantitative estimate of drug-likeness (QED) is 0.720. The van der Waals surface area contributed by atoms with Crippen molar-refractivity contribution in [3.05, 3.63) is 0 Å². The van der Waals surface area contributed by atoms with Gasteiger partial charge in [-0.1, -0.05) is 19.3 Å². The van der Waals surface area contributed by atoms with E-state index in [-0.39, 0.29) is 6.10 Å². The summed E-state index contributed by atoms with van der Waals surface area (Å²) in [4.78, 5) is 16.5. The number of amides is 1. The summed E-state index contributed by atoms with van der Waals surface area (Å²) in [5, 5.41) is 0. The summed E-state index contributed by atoms with van der Waals surface area (Å²) in [5.74, 6) is 0. The number of carbonyl (C=O) groups is 1. The number of nitrogens with one attached hydrogen (secondary N) is 1. The summed E-state index contributed by atoms with van der Waals surface area (Å²) in [6, 6.07) is 0. The van der Waals surface area contributed by atoms with E-state index in [2.05, 4.69) is 5.48 Å². The van der Waals surface area contributed by atoms with E-state index in [9.17, 15) is 4.79 Å². The number of hydrogen-bond acceptors (Lipinski definition) is 3. The summed E-state index contributed by atoms with van der Waals surface area (Å²) >= 11 is 0. The molecule has 0 atom stereocenters. The monoisotopic (exact) mass is 215 g/mol. The van der Waals surface area contributed by atoms with Gasteiger partial charge >= 0.3 is 6.09 Å². The largest absolute Gasteiger partial charge is 0.442 e. The van der Waals surface area contributed by atoms with Crippen molar-refractivity contribution in [2.45, 2.75) is 64.6 Å². The second kappa shape index (κ2) is 5.35. The zero-order valence-corrected chi connectivity index (χ0v) is 9.84. The molecule has 1 aliphatic carbocycles. The minimum Gasteiger partial charge on any atom is -0.442 e. The predicted octanol–water partition coefficient (Wildman–Crippen LogP) is 2.78. The zero-order chi connectivity index (χ0) is 11.3. The van der Waals surface area contributed by atoms with E-state index in [0.717, 1.165) is 12.8 Å². The van der Waals surface area contributed by atoms with Gasteiger partial charge in [0.05, 0.1) is 6.10 Å². The van der Waals surface area contributed by atoms with Crippen molar-refractivity contribution in [1.29, 1.82) is 0 Å². The zero-order valence-electron chi connectivity index (χ0n) is 9.84. The topological polar surface area (TPSA) is 47.6 Å². The van der Waals surface area contributed by atoms with Gasteiger partial charge in [0.25, 0.3) is 0 Å². The molecule has 1 N–H and O–H groups in total. The summed E-state index contributed by atoms with van der Waals surface area (Å²) in [6.45, 7) is 5.48. The van der Waals surface area contributed by atoms with Gasteiger partial charge in [-0.2, -0.15) is 5.48 Å². The molecule has 0 saturated heterocycles. The molecule has 0 spiro atoms. The van der Waals surface area contributed by atoms with Crippen molar-refractivity contribution in [2.75, 3.05) is 0 Å². The average Bonchev–Trinajstić information content (AvgIpc) is 2.14. The van der Waals surface area contributed by atoms with Crippen LogP contribution in [0.1, 0.15) is 52.9 Å². The third kappa shape index (κ3) is 5.62. The van der Waals surface area contributed by atoms with Crippen molar-refractivity contribution >= 4 is 6.09 Å². The van der Waals surface area contributed by atoms with Crippen LogP contribution in [0.3, 0.4) is 0 Å². The Morgan fingerprint density at radius 1 is 1.20 bits per heavy atom. The summed E-state index contributed by atoms with van der Waals surface area (Å²) < 4.78 is 5.05. The summed E-state index contributed by atoms with van der Waals surface area (Å²) in [6.07, 6.45) is 5.33. The number of hydroxylamine groups is 1. The molecule has 0 aromatic rings. The lowest BCUT2D eigenvalue weighted by atomic mass is 9.98. The molecule has 1 saturated carbocycles. The fourth-order valence-corrected chi connectivity index (χ4v) is 1.61. The molecular weight excluding hydrogens is 194 g/mol. The Balaban J connectivity index is 2.15. The minimum atomic E-state index is -0.506. The van der Waals surface area contributed by atoms with Gasteiger partial charge in [0.2, 0.25) is 0 Å². The third-order valence-corrected chi connectivity index (χ3v) is 2.26. The maximum atomic E-state index is 11.2. The van der Waals surface area contributed by atoms with Gasteiger partial charge < -0.3 is 4.74 Å². The first-order chi connectivity index (χ1) is 6.97. The highest BCUT2D eigenvalue weighted by Crippen LogP contribution is 2.19. The highest BCUT2D eigenvalue weighted by Gasteiger charge is 2.19. The van der Waals surface area contributed by atoms with E-state index >= 15 is 0 Å². The first kappa shape index (κ1) is 12.3. The smallest absolute Gasteiger partial charge is 0.431 e. The molecule has 0 aliphatic heterocycles. The van der Waals surface area contributed by atoms with E-state index in [4.69, 9.17) is 9.57 Å². The van der Waals surface area contributed by atoms with Gasteiger partial charge in [-0.25, -0.2) is 4.79 Å². The van der Waals surface area contributed by atoms with E-state index < -0.39 is 11.7 Å². The molecule has 0 aromatic carbocycles. The van der Waals surface area contributed by atoms with Crippen molar-refractivity contribution in [3.63, 3.8) is 0 Å². The van der Waals surface area contributed by atoms with Gasteiger partial charge in [-0.05, 0) is 33.6 Å². The van der Waals surface area contributed by atoms with Crippen LogP contribution in [-0.4, -0.2) is 17.8 Å². The Labute approximate surface area is 91.3 Å². The van der Waals surface area contributed by atoms with Crippen molar-refractivity contribution in [2.24, 2.45) is 0 Å². The standard InChI is InChI=1S/C11H21NO3/c1-11(2,3)14-10(13)12-15-9-7-5-4-6-8-9/h9H,4-8H2,1-3H3,(H,12,13). The van der Waals surface area contributed by atoms with E-state index in [0.29, 0.717) is 0 Å². The number of rotatable bonds is 2. The second-order valence-corrected chi connectivity index (χ2v) is 4.98. The van der Waals surface area contributed by atoms with Crippen LogP contribution in [0.15, 0.2) is 0 Å². The third-order valence-electron chi connectivity index (χ3n) is 2.26. The molecule has 1 amide bonds. The second-order valence-electron chi connectivity index (χ2n) is 4.98. The molecule has 0 heterocycles. The fraction of sp³-hybridized carbons (Fsp3) is 0.909. The Hall–Kier alpha value is -0.770. The molecule has 4 nitrogen and oxygen atoms in total. The minimum absolute atomic E-state index is 0.159. The molecule has 0 radical (unpaired) electrons. The van der Waals surface area contributed by atoms with Gasteiger partial charge in [0.15, 0.2) is 0 Å². The maximum absolute atomic E-state index is 11.2. The molecular formula is C11H21NO3. The lowest BCUT2D eigenvalue weighted by Gasteiger charge is -2.23. The van der Waals surface area contributed by atoms with Crippen LogP contribution >= 0.6 is 0 Å². The Kier molecular flexibility index (Phi) is 4.39. The molecule has 4 heteroatoms. The summed E-state index contributed by atoms with van der Waals surface area (Å²) in [5.41, 5.74) is 1.88. The van der Waals surface area contributed by atoms with Crippen LogP contribution in [0.4, 0.5) is 4.79 Å². The summed E-state index contributed by atoms with van der Waals surface area (Å²) in [7, 11) is 0. The van der Waals surface area contributed by atoms with Gasteiger partial charge in [0, 0.05) is 0 Å². The van der Waals surface area contributed by atoms with Crippen LogP contribution in [-0.2, 0) is 9.57 Å². The van der Waals surface area contributed by atoms with Crippen LogP contribution in [0.5, 0.6) is 0 Å². The molecule has 15 heavy (non-hydrogen) atoms. The molecule has 1 aliphatic rings. The maximum Gasteiger partial charge on any atom is 0.431 e. The lowest BCUT2D eigenvalue weighted by molar-refractivity contribution is -0.0535. The van der Waals surface area contributed by atoms with Gasteiger partial charge in [-0.15, -0.1) is 0 Å². The molecule has 0 bridgehead atoms. The number of carbonyl (C=O) groups excluding carboxylic acids is 1. The van der Waals surface area contributed by atoms with Gasteiger partial charge in [0.1, 0.15) is 5.60 Å². The normalized spacial score (nSPS) is 18.6. The molecule has 0 aromatic heterocycles. The molecule has 1 fully saturated rings.